The molecule has 0 radical (unpaired) electrons. The predicted molar refractivity (Wildman–Crippen MR) is 132 cm³/mol. The van der Waals surface area contributed by atoms with Crippen LogP contribution in [0.15, 0.2) is 41.4 Å². The first kappa shape index (κ1) is 27.2. The molecular weight excluding hydrogens is 477 g/mol. The van der Waals surface area contributed by atoms with Gasteiger partial charge in [-0.3, -0.25) is 4.98 Å². The maximum absolute atomic E-state index is 14.6. The largest absolute Gasteiger partial charge is 0.694 e. The van der Waals surface area contributed by atoms with Gasteiger partial charge in [-0.2, -0.15) is 0 Å². The average molecular weight is 512 g/mol. The third-order valence-electron chi connectivity index (χ3n) is 6.45. The van der Waals surface area contributed by atoms with Crippen LogP contribution in [0.4, 0.5) is 8.78 Å². The van der Waals surface area contributed by atoms with Crippen molar-refractivity contribution in [2.75, 3.05) is 18.9 Å². The normalized spacial score (nSPS) is 15.9. The molecule has 0 aliphatic heterocycles. The van der Waals surface area contributed by atoms with Gasteiger partial charge in [0.25, 0.3) is 0 Å². The molecule has 1 saturated carbocycles. The molecular formula is C25H34F2N2O3PS+. The van der Waals surface area contributed by atoms with E-state index in [0.29, 0.717) is 30.1 Å². The third-order valence-corrected chi connectivity index (χ3v) is 7.95. The molecule has 1 fully saturated rings. The standard InChI is InChI=1S/C25H33F2N2O3PS/c26-22-10-3-2-9-21(22)25(11-4-1-5-12-25)13-6-7-16-34-24-19-29-20(17-23(24)27)18-28-14-8-15-32-33(30)31/h2-3,9-10,17,19,28H,1,4-8,11-16,18H2/p+1. The molecule has 2 N–H and O–H groups in total. The zero-order valence-corrected chi connectivity index (χ0v) is 21.2. The number of benzene rings is 1. The van der Waals surface area contributed by atoms with Crippen LogP contribution in [0.2, 0.25) is 0 Å². The number of nitrogens with zero attached hydrogens (tertiary/aromatic N) is 1. The number of hydrogen-bond acceptors (Lipinski definition) is 5. The minimum Gasteiger partial charge on any atom is -0.311 e. The highest BCUT2D eigenvalue weighted by Crippen LogP contribution is 2.44. The first-order valence-corrected chi connectivity index (χ1v) is 14.1. The van der Waals surface area contributed by atoms with Gasteiger partial charge in [0, 0.05) is 17.3 Å². The second-order valence-corrected chi connectivity index (χ2v) is 10.7. The Morgan fingerprint density at radius 2 is 1.91 bits per heavy atom. The van der Waals surface area contributed by atoms with Crippen LogP contribution in [-0.4, -0.2) is 28.8 Å². The number of unbranched alkanes of at least 4 members (excludes halogenated alkanes) is 1. The van der Waals surface area contributed by atoms with E-state index in [1.165, 1.54) is 24.2 Å². The molecule has 0 amide bonds. The van der Waals surface area contributed by atoms with E-state index in [2.05, 4.69) is 14.8 Å². The Bertz CT molecular complexity index is 929. The Hall–Kier alpha value is -1.44. The van der Waals surface area contributed by atoms with E-state index in [0.717, 1.165) is 56.3 Å². The molecule has 1 aliphatic carbocycles. The maximum atomic E-state index is 14.6. The van der Waals surface area contributed by atoms with E-state index in [1.54, 1.807) is 18.3 Å². The van der Waals surface area contributed by atoms with Crippen LogP contribution < -0.4 is 5.32 Å². The van der Waals surface area contributed by atoms with Gasteiger partial charge in [-0.05, 0) is 67.5 Å². The van der Waals surface area contributed by atoms with Crippen LogP contribution in [0.3, 0.4) is 0 Å². The lowest BCUT2D eigenvalue weighted by Crippen LogP contribution is -2.30. The quantitative estimate of drug-likeness (QED) is 0.168. The summed E-state index contributed by atoms with van der Waals surface area (Å²) >= 11 is 1.48. The lowest BCUT2D eigenvalue weighted by atomic mass is 9.66. The predicted octanol–water partition coefficient (Wildman–Crippen LogP) is 6.67. The number of rotatable bonds is 14. The van der Waals surface area contributed by atoms with Crippen molar-refractivity contribution in [3.63, 3.8) is 0 Å². The maximum Gasteiger partial charge on any atom is 0.694 e. The van der Waals surface area contributed by atoms with Gasteiger partial charge in [0.05, 0.1) is 10.6 Å². The highest BCUT2D eigenvalue weighted by Gasteiger charge is 2.35. The van der Waals surface area contributed by atoms with Crippen LogP contribution in [0.25, 0.3) is 0 Å². The lowest BCUT2D eigenvalue weighted by Gasteiger charge is -2.38. The first-order valence-electron chi connectivity index (χ1n) is 12.0. The molecule has 186 valence electrons. The van der Waals surface area contributed by atoms with Crippen molar-refractivity contribution < 1.29 is 22.8 Å². The van der Waals surface area contributed by atoms with Gasteiger partial charge in [0.15, 0.2) is 0 Å². The molecule has 34 heavy (non-hydrogen) atoms. The van der Waals surface area contributed by atoms with Crippen LogP contribution in [0.1, 0.15) is 69.0 Å². The van der Waals surface area contributed by atoms with Crippen molar-refractivity contribution in [2.45, 2.75) is 74.6 Å². The first-order chi connectivity index (χ1) is 16.5. The monoisotopic (exact) mass is 511 g/mol. The van der Waals surface area contributed by atoms with Gasteiger partial charge >= 0.3 is 8.25 Å². The summed E-state index contributed by atoms with van der Waals surface area (Å²) in [5, 5.41) is 3.11. The summed E-state index contributed by atoms with van der Waals surface area (Å²) in [5.74, 6) is 0.445. The van der Waals surface area contributed by atoms with Gasteiger partial charge in [0.1, 0.15) is 18.2 Å². The highest BCUT2D eigenvalue weighted by molar-refractivity contribution is 7.99. The molecule has 2 aromatic rings. The SMILES string of the molecule is O=[P+](O)OCCCNCc1cc(F)c(SCCCCC2(c3ccccc3F)CCCCC2)cn1. The summed E-state index contributed by atoms with van der Waals surface area (Å²) in [7, 11) is -2.56. The van der Waals surface area contributed by atoms with Gasteiger partial charge in [0.2, 0.25) is 0 Å². The van der Waals surface area contributed by atoms with Gasteiger partial charge in [-0.25, -0.2) is 8.78 Å². The fourth-order valence-electron chi connectivity index (χ4n) is 4.74. The Kier molecular flexibility index (Phi) is 11.3. The molecule has 1 heterocycles. The number of aromatic nitrogens is 1. The molecule has 1 aromatic carbocycles. The Balaban J connectivity index is 1.41. The lowest BCUT2D eigenvalue weighted by molar-refractivity contribution is 0.260. The summed E-state index contributed by atoms with van der Waals surface area (Å²) in [6.07, 6.45) is 10.7. The van der Waals surface area contributed by atoms with Crippen molar-refractivity contribution >= 4 is 20.0 Å². The summed E-state index contributed by atoms with van der Waals surface area (Å²) < 4.78 is 44.1. The van der Waals surface area contributed by atoms with E-state index in [1.807, 2.05) is 12.1 Å². The van der Waals surface area contributed by atoms with Crippen molar-refractivity contribution in [1.82, 2.24) is 10.3 Å². The number of hydrogen-bond donors (Lipinski definition) is 2. The molecule has 0 spiro atoms. The second kappa shape index (κ2) is 14.2. The summed E-state index contributed by atoms with van der Waals surface area (Å²) in [4.78, 5) is 13.4. The Morgan fingerprint density at radius 1 is 1.12 bits per heavy atom. The van der Waals surface area contributed by atoms with Crippen LogP contribution in [-0.2, 0) is 21.0 Å². The van der Waals surface area contributed by atoms with E-state index >= 15 is 0 Å². The molecule has 3 rings (SSSR count). The molecule has 0 bridgehead atoms. The van der Waals surface area contributed by atoms with Crippen molar-refractivity contribution in [3.8, 4) is 0 Å². The molecule has 9 heteroatoms. The minimum absolute atomic E-state index is 0.0580. The van der Waals surface area contributed by atoms with Crippen molar-refractivity contribution in [3.05, 3.63) is 59.4 Å². The molecule has 0 saturated heterocycles. The third kappa shape index (κ3) is 8.35. The minimum atomic E-state index is -2.56. The van der Waals surface area contributed by atoms with E-state index in [-0.39, 0.29) is 23.7 Å². The number of halogens is 2. The number of nitrogens with one attached hydrogen (secondary N) is 1. The number of pyridine rings is 1. The van der Waals surface area contributed by atoms with Gasteiger partial charge in [-0.15, -0.1) is 21.2 Å². The zero-order chi connectivity index (χ0) is 24.2. The molecule has 5 nitrogen and oxygen atoms in total. The fourth-order valence-corrected chi connectivity index (χ4v) is 5.92. The van der Waals surface area contributed by atoms with Gasteiger partial charge < -0.3 is 5.32 Å². The fraction of sp³-hybridized carbons (Fsp3) is 0.560. The Morgan fingerprint density at radius 3 is 2.65 bits per heavy atom. The molecule has 1 atom stereocenters. The van der Waals surface area contributed by atoms with Crippen LogP contribution >= 0.6 is 20.0 Å². The molecule has 1 unspecified atom stereocenters. The summed E-state index contributed by atoms with van der Waals surface area (Å²) in [5.41, 5.74) is 1.43. The van der Waals surface area contributed by atoms with Crippen molar-refractivity contribution in [2.24, 2.45) is 0 Å². The highest BCUT2D eigenvalue weighted by atomic mass is 32.2. The zero-order valence-electron chi connectivity index (χ0n) is 19.5. The summed E-state index contributed by atoms with van der Waals surface area (Å²) in [6.45, 7) is 1.19. The topological polar surface area (TPSA) is 71.5 Å². The number of thioether (sulfide) groups is 1. The van der Waals surface area contributed by atoms with Crippen LogP contribution in [0.5, 0.6) is 0 Å². The van der Waals surface area contributed by atoms with E-state index < -0.39 is 8.25 Å². The van der Waals surface area contributed by atoms with Crippen LogP contribution in [0, 0.1) is 11.6 Å². The van der Waals surface area contributed by atoms with E-state index in [9.17, 15) is 13.3 Å². The smallest absolute Gasteiger partial charge is 0.311 e. The average Bonchev–Trinajstić information content (AvgIpc) is 2.83. The molecule has 1 aromatic heterocycles. The second-order valence-electron chi connectivity index (χ2n) is 8.83. The van der Waals surface area contributed by atoms with Gasteiger partial charge in [-0.1, -0.05) is 43.9 Å². The van der Waals surface area contributed by atoms with Crippen molar-refractivity contribution in [1.29, 1.82) is 0 Å². The summed E-state index contributed by atoms with van der Waals surface area (Å²) in [6, 6.07) is 8.68. The molecule has 1 aliphatic rings. The van der Waals surface area contributed by atoms with E-state index in [4.69, 9.17) is 4.89 Å². The Labute approximate surface area is 206 Å².